The van der Waals surface area contributed by atoms with Crippen LogP contribution in [-0.2, 0) is 13.1 Å². The maximum atomic E-state index is 5.93. The molecule has 4 nitrogen and oxygen atoms in total. The summed E-state index contributed by atoms with van der Waals surface area (Å²) in [4.78, 5) is 7.14. The number of fused-ring (bicyclic) bond motifs is 2. The van der Waals surface area contributed by atoms with Crippen molar-refractivity contribution in [2.45, 2.75) is 20.0 Å². The first-order valence-corrected chi connectivity index (χ1v) is 8.77. The molecular formula is C21H22N2O2. The fourth-order valence-corrected chi connectivity index (χ4v) is 3.24. The molecule has 0 spiro atoms. The van der Waals surface area contributed by atoms with Gasteiger partial charge in [-0.2, -0.15) is 0 Å². The molecule has 1 aliphatic rings. The number of pyridine rings is 1. The molecule has 2 aromatic carbocycles. The van der Waals surface area contributed by atoms with Crippen molar-refractivity contribution in [3.05, 3.63) is 65.7 Å². The molecule has 0 saturated carbocycles. The third-order valence-electron chi connectivity index (χ3n) is 4.43. The second kappa shape index (κ2) is 7.11. The standard InChI is InChI=1S/C21H22N2O2/c1-2-24-19-9-8-17-12-18-15-23(14-16-6-4-3-5-7-16)10-11-25-21(18)22-20(17)13-19/h3-9,12-13H,2,10-11,14-15H2,1H3. The van der Waals surface area contributed by atoms with E-state index >= 15 is 0 Å². The predicted octanol–water partition coefficient (Wildman–Crippen LogP) is 4.03. The summed E-state index contributed by atoms with van der Waals surface area (Å²) in [7, 11) is 0. The van der Waals surface area contributed by atoms with Gasteiger partial charge in [-0.15, -0.1) is 0 Å². The van der Waals surface area contributed by atoms with Gasteiger partial charge < -0.3 is 9.47 Å². The molecule has 128 valence electrons. The molecule has 0 atom stereocenters. The molecule has 4 rings (SSSR count). The lowest BCUT2D eigenvalue weighted by molar-refractivity contribution is 0.217. The van der Waals surface area contributed by atoms with Crippen molar-refractivity contribution in [2.24, 2.45) is 0 Å². The van der Waals surface area contributed by atoms with E-state index in [1.165, 1.54) is 5.56 Å². The van der Waals surface area contributed by atoms with Gasteiger partial charge in [-0.1, -0.05) is 30.3 Å². The van der Waals surface area contributed by atoms with Crippen LogP contribution < -0.4 is 9.47 Å². The number of aromatic nitrogens is 1. The molecule has 1 aromatic heterocycles. The third-order valence-corrected chi connectivity index (χ3v) is 4.43. The van der Waals surface area contributed by atoms with Crippen LogP contribution in [0.15, 0.2) is 54.6 Å². The van der Waals surface area contributed by atoms with Crippen LogP contribution in [0.5, 0.6) is 11.6 Å². The molecule has 0 unspecified atom stereocenters. The maximum absolute atomic E-state index is 5.93. The van der Waals surface area contributed by atoms with E-state index in [0.29, 0.717) is 13.2 Å². The Morgan fingerprint density at radius 1 is 1.12 bits per heavy atom. The average molecular weight is 334 g/mol. The van der Waals surface area contributed by atoms with Crippen LogP contribution in [0.2, 0.25) is 0 Å². The van der Waals surface area contributed by atoms with Gasteiger partial charge in [-0.3, -0.25) is 4.90 Å². The van der Waals surface area contributed by atoms with Crippen LogP contribution in [0, 0.1) is 0 Å². The van der Waals surface area contributed by atoms with E-state index in [4.69, 9.17) is 14.5 Å². The highest BCUT2D eigenvalue weighted by Gasteiger charge is 2.17. The van der Waals surface area contributed by atoms with Crippen molar-refractivity contribution in [3.63, 3.8) is 0 Å². The van der Waals surface area contributed by atoms with Crippen LogP contribution >= 0.6 is 0 Å². The van der Waals surface area contributed by atoms with Crippen LogP contribution in [0.4, 0.5) is 0 Å². The number of hydrogen-bond acceptors (Lipinski definition) is 4. The summed E-state index contributed by atoms with van der Waals surface area (Å²) in [5, 5.41) is 1.12. The molecule has 2 heterocycles. The third kappa shape index (κ3) is 3.59. The second-order valence-corrected chi connectivity index (χ2v) is 6.28. The lowest BCUT2D eigenvalue weighted by Gasteiger charge is -2.19. The molecule has 0 aliphatic carbocycles. The summed E-state index contributed by atoms with van der Waals surface area (Å²) >= 11 is 0. The van der Waals surface area contributed by atoms with E-state index in [0.717, 1.165) is 47.7 Å². The van der Waals surface area contributed by atoms with Gasteiger partial charge in [0.25, 0.3) is 0 Å². The predicted molar refractivity (Wildman–Crippen MR) is 99.0 cm³/mol. The molecule has 1 aliphatic heterocycles. The largest absolute Gasteiger partial charge is 0.494 e. The number of benzene rings is 2. The summed E-state index contributed by atoms with van der Waals surface area (Å²) < 4.78 is 11.5. The number of nitrogens with zero attached hydrogens (tertiary/aromatic N) is 2. The Kier molecular flexibility index (Phi) is 4.53. The van der Waals surface area contributed by atoms with Gasteiger partial charge in [0.2, 0.25) is 5.88 Å². The second-order valence-electron chi connectivity index (χ2n) is 6.28. The minimum absolute atomic E-state index is 0.654. The Labute approximate surface area is 148 Å². The molecule has 3 aromatic rings. The topological polar surface area (TPSA) is 34.6 Å². The minimum Gasteiger partial charge on any atom is -0.494 e. The van der Waals surface area contributed by atoms with Crippen molar-refractivity contribution in [1.29, 1.82) is 0 Å². The van der Waals surface area contributed by atoms with Crippen LogP contribution in [-0.4, -0.2) is 29.6 Å². The van der Waals surface area contributed by atoms with Gasteiger partial charge in [0.15, 0.2) is 0 Å². The zero-order chi connectivity index (χ0) is 17.1. The molecule has 0 fully saturated rings. The van der Waals surface area contributed by atoms with E-state index < -0.39 is 0 Å². The maximum Gasteiger partial charge on any atom is 0.218 e. The lowest BCUT2D eigenvalue weighted by Crippen LogP contribution is -2.25. The van der Waals surface area contributed by atoms with Crippen molar-refractivity contribution >= 4 is 10.9 Å². The number of rotatable bonds is 4. The van der Waals surface area contributed by atoms with Gasteiger partial charge in [-0.05, 0) is 30.7 Å². The van der Waals surface area contributed by atoms with E-state index in [-0.39, 0.29) is 0 Å². The zero-order valence-corrected chi connectivity index (χ0v) is 14.4. The Morgan fingerprint density at radius 3 is 2.84 bits per heavy atom. The average Bonchev–Trinajstić information content (AvgIpc) is 2.82. The molecular weight excluding hydrogens is 312 g/mol. The summed E-state index contributed by atoms with van der Waals surface area (Å²) in [6, 6.07) is 18.8. The first kappa shape index (κ1) is 15.9. The Morgan fingerprint density at radius 2 is 2.00 bits per heavy atom. The van der Waals surface area contributed by atoms with Gasteiger partial charge in [0.05, 0.1) is 12.1 Å². The fraction of sp³-hybridized carbons (Fsp3) is 0.286. The Balaban J connectivity index is 1.61. The van der Waals surface area contributed by atoms with E-state index in [1.54, 1.807) is 0 Å². The number of ether oxygens (including phenoxy) is 2. The fourth-order valence-electron chi connectivity index (χ4n) is 3.24. The summed E-state index contributed by atoms with van der Waals surface area (Å²) in [5.74, 6) is 1.60. The highest BCUT2D eigenvalue weighted by Crippen LogP contribution is 2.28. The Bertz CT molecular complexity index is 864. The van der Waals surface area contributed by atoms with Crippen LogP contribution in [0.25, 0.3) is 10.9 Å². The van der Waals surface area contributed by atoms with Crippen molar-refractivity contribution in [1.82, 2.24) is 9.88 Å². The molecule has 4 heteroatoms. The van der Waals surface area contributed by atoms with Crippen molar-refractivity contribution in [2.75, 3.05) is 19.8 Å². The highest BCUT2D eigenvalue weighted by atomic mass is 16.5. The molecule has 0 amide bonds. The molecule has 0 bridgehead atoms. The zero-order valence-electron chi connectivity index (χ0n) is 14.4. The normalized spacial score (nSPS) is 14.6. The number of hydrogen-bond donors (Lipinski definition) is 0. The van der Waals surface area contributed by atoms with Gasteiger partial charge in [0.1, 0.15) is 12.4 Å². The minimum atomic E-state index is 0.654. The summed E-state index contributed by atoms with van der Waals surface area (Å²) in [5.41, 5.74) is 3.38. The van der Waals surface area contributed by atoms with Crippen LogP contribution in [0.3, 0.4) is 0 Å². The van der Waals surface area contributed by atoms with Gasteiger partial charge in [-0.25, -0.2) is 4.98 Å². The smallest absolute Gasteiger partial charge is 0.218 e. The van der Waals surface area contributed by atoms with Gasteiger partial charge >= 0.3 is 0 Å². The van der Waals surface area contributed by atoms with Crippen molar-refractivity contribution in [3.8, 4) is 11.6 Å². The lowest BCUT2D eigenvalue weighted by atomic mass is 10.1. The first-order chi connectivity index (χ1) is 12.3. The molecule has 0 radical (unpaired) electrons. The SMILES string of the molecule is CCOc1ccc2cc3c(nc2c1)OCCN(Cc1ccccc1)C3. The van der Waals surface area contributed by atoms with Gasteiger partial charge in [0, 0.05) is 36.7 Å². The van der Waals surface area contributed by atoms with E-state index in [9.17, 15) is 0 Å². The van der Waals surface area contributed by atoms with E-state index in [1.807, 2.05) is 19.1 Å². The van der Waals surface area contributed by atoms with Crippen molar-refractivity contribution < 1.29 is 9.47 Å². The summed E-state index contributed by atoms with van der Waals surface area (Å²) in [6.45, 7) is 5.96. The quantitative estimate of drug-likeness (QED) is 0.721. The molecule has 0 N–H and O–H groups in total. The Hall–Kier alpha value is -2.59. The van der Waals surface area contributed by atoms with E-state index in [2.05, 4.69) is 47.4 Å². The first-order valence-electron chi connectivity index (χ1n) is 8.77. The molecule has 25 heavy (non-hydrogen) atoms. The molecule has 0 saturated heterocycles. The highest BCUT2D eigenvalue weighted by molar-refractivity contribution is 5.81. The monoisotopic (exact) mass is 334 g/mol. The van der Waals surface area contributed by atoms with Crippen LogP contribution in [0.1, 0.15) is 18.1 Å². The summed E-state index contributed by atoms with van der Waals surface area (Å²) in [6.07, 6.45) is 0.